The molecule has 0 unspecified atom stereocenters. The van der Waals surface area contributed by atoms with Crippen LogP contribution < -0.4 is 5.32 Å². The number of nitrogens with zero attached hydrogens (tertiary/aromatic N) is 5. The summed E-state index contributed by atoms with van der Waals surface area (Å²) in [6, 6.07) is 26.7. The van der Waals surface area contributed by atoms with Gasteiger partial charge in [-0.3, -0.25) is 0 Å². The lowest BCUT2D eigenvalue weighted by Gasteiger charge is -2.11. The molecule has 6 nitrogen and oxygen atoms in total. The van der Waals surface area contributed by atoms with Gasteiger partial charge in [-0.05, 0) is 65.7 Å². The largest absolute Gasteiger partial charge is 0.340 e. The molecule has 5 rings (SSSR count). The Bertz CT molecular complexity index is 1410. The molecule has 0 amide bonds. The van der Waals surface area contributed by atoms with Gasteiger partial charge in [0.15, 0.2) is 0 Å². The molecule has 0 radical (unpaired) electrons. The molecule has 0 aliphatic rings. The minimum atomic E-state index is 0.763. The number of para-hydroxylation sites is 2. The third-order valence-electron chi connectivity index (χ3n) is 6.12. The Labute approximate surface area is 214 Å². The van der Waals surface area contributed by atoms with Gasteiger partial charge >= 0.3 is 0 Å². The van der Waals surface area contributed by atoms with E-state index in [0.29, 0.717) is 0 Å². The monoisotopic (exact) mass is 502 g/mol. The number of halogens is 1. The maximum Gasteiger partial charge on any atom is 0.214 e. The summed E-state index contributed by atoms with van der Waals surface area (Å²) in [5.74, 6) is 0.938. The van der Waals surface area contributed by atoms with Gasteiger partial charge in [-0.15, -0.1) is 5.10 Å². The molecule has 0 aliphatic carbocycles. The van der Waals surface area contributed by atoms with Crippen molar-refractivity contribution in [1.82, 2.24) is 30.1 Å². The summed E-state index contributed by atoms with van der Waals surface area (Å²) in [5, 5.41) is 18.7. The molecule has 0 saturated carbocycles. The van der Waals surface area contributed by atoms with Gasteiger partial charge in [-0.2, -0.15) is 4.68 Å². The second-order valence-corrected chi connectivity index (χ2v) is 9.82. The van der Waals surface area contributed by atoms with Crippen molar-refractivity contribution in [1.29, 1.82) is 0 Å². The summed E-state index contributed by atoms with van der Waals surface area (Å²) in [6.45, 7) is 4.71. The highest BCUT2D eigenvalue weighted by atomic mass is 35.5. The Morgan fingerprint density at radius 2 is 1.71 bits per heavy atom. The summed E-state index contributed by atoms with van der Waals surface area (Å²) in [4.78, 5) is 0. The fourth-order valence-electron chi connectivity index (χ4n) is 4.30. The van der Waals surface area contributed by atoms with Gasteiger partial charge in [0.1, 0.15) is 0 Å². The van der Waals surface area contributed by atoms with Gasteiger partial charge in [0.05, 0.1) is 5.69 Å². The van der Waals surface area contributed by atoms with Crippen LogP contribution in [0.2, 0.25) is 5.02 Å². The SMILES string of the molecule is Cc1c(CNCCCSc2nnnn2-c2ccccc2)c2ccccc2n1Cc1ccccc1Cl. The quantitative estimate of drug-likeness (QED) is 0.190. The van der Waals surface area contributed by atoms with E-state index in [2.05, 4.69) is 62.7 Å². The van der Waals surface area contributed by atoms with E-state index >= 15 is 0 Å². The lowest BCUT2D eigenvalue weighted by atomic mass is 10.1. The Hall–Kier alpha value is -3.13. The van der Waals surface area contributed by atoms with E-state index in [9.17, 15) is 0 Å². The number of thioether (sulfide) groups is 1. The molecule has 35 heavy (non-hydrogen) atoms. The van der Waals surface area contributed by atoms with Gasteiger partial charge in [0, 0.05) is 40.5 Å². The third kappa shape index (κ3) is 5.27. The van der Waals surface area contributed by atoms with E-state index in [1.807, 2.05) is 48.5 Å². The van der Waals surface area contributed by atoms with Crippen molar-refractivity contribution >= 4 is 34.3 Å². The average Bonchev–Trinajstić information content (AvgIpc) is 3.46. The van der Waals surface area contributed by atoms with Crippen LogP contribution in [0.15, 0.2) is 84.0 Å². The van der Waals surface area contributed by atoms with Gasteiger partial charge < -0.3 is 9.88 Å². The molecule has 0 fully saturated rings. The van der Waals surface area contributed by atoms with Gasteiger partial charge in [-0.25, -0.2) is 0 Å². The predicted molar refractivity (Wildman–Crippen MR) is 143 cm³/mol. The first-order chi connectivity index (χ1) is 17.2. The molecule has 5 aromatic rings. The minimum Gasteiger partial charge on any atom is -0.340 e. The summed E-state index contributed by atoms with van der Waals surface area (Å²) >= 11 is 8.13. The van der Waals surface area contributed by atoms with E-state index in [4.69, 9.17) is 11.6 Å². The van der Waals surface area contributed by atoms with Crippen molar-refractivity contribution in [2.45, 2.75) is 31.6 Å². The van der Waals surface area contributed by atoms with Crippen molar-refractivity contribution in [3.05, 3.63) is 101 Å². The van der Waals surface area contributed by atoms with Crippen molar-refractivity contribution in [2.24, 2.45) is 0 Å². The first-order valence-corrected chi connectivity index (χ1v) is 13.1. The maximum atomic E-state index is 6.46. The van der Waals surface area contributed by atoms with E-state index in [1.54, 1.807) is 16.4 Å². The van der Waals surface area contributed by atoms with Crippen molar-refractivity contribution < 1.29 is 0 Å². The Kier molecular flexibility index (Phi) is 7.47. The summed E-state index contributed by atoms with van der Waals surface area (Å²) in [6.07, 6.45) is 1.02. The first kappa shape index (κ1) is 23.6. The van der Waals surface area contributed by atoms with E-state index in [1.165, 1.54) is 22.2 Å². The normalized spacial score (nSPS) is 11.4. The van der Waals surface area contributed by atoms with Crippen LogP contribution in [-0.4, -0.2) is 37.1 Å². The van der Waals surface area contributed by atoms with Crippen LogP contribution in [0.4, 0.5) is 0 Å². The van der Waals surface area contributed by atoms with Crippen LogP contribution in [0.3, 0.4) is 0 Å². The molecule has 8 heteroatoms. The zero-order chi connectivity index (χ0) is 24.0. The zero-order valence-corrected chi connectivity index (χ0v) is 21.1. The highest BCUT2D eigenvalue weighted by Crippen LogP contribution is 2.28. The highest BCUT2D eigenvalue weighted by Gasteiger charge is 2.14. The number of nitrogens with one attached hydrogen (secondary N) is 1. The van der Waals surface area contributed by atoms with Crippen LogP contribution in [0, 0.1) is 6.92 Å². The van der Waals surface area contributed by atoms with Gasteiger partial charge in [0.25, 0.3) is 0 Å². The van der Waals surface area contributed by atoms with Crippen LogP contribution in [0.1, 0.15) is 23.2 Å². The average molecular weight is 503 g/mol. The molecule has 178 valence electrons. The van der Waals surface area contributed by atoms with E-state index in [0.717, 1.165) is 53.2 Å². The fourth-order valence-corrected chi connectivity index (χ4v) is 5.33. The molecule has 2 heterocycles. The van der Waals surface area contributed by atoms with Gasteiger partial charge in [0.2, 0.25) is 5.16 Å². The second kappa shape index (κ2) is 11.1. The minimum absolute atomic E-state index is 0.763. The molecule has 1 N–H and O–H groups in total. The second-order valence-electron chi connectivity index (χ2n) is 8.35. The van der Waals surface area contributed by atoms with Crippen LogP contribution >= 0.6 is 23.4 Å². The lowest BCUT2D eigenvalue weighted by molar-refractivity contribution is 0.672. The lowest BCUT2D eigenvalue weighted by Crippen LogP contribution is -2.16. The smallest absolute Gasteiger partial charge is 0.214 e. The number of aromatic nitrogens is 5. The first-order valence-electron chi connectivity index (χ1n) is 11.7. The zero-order valence-electron chi connectivity index (χ0n) is 19.6. The number of hydrogen-bond acceptors (Lipinski definition) is 5. The molecule has 2 aromatic heterocycles. The molecule has 0 spiro atoms. The number of fused-ring (bicyclic) bond motifs is 1. The van der Waals surface area contributed by atoms with E-state index in [-0.39, 0.29) is 0 Å². The molecule has 0 aliphatic heterocycles. The third-order valence-corrected chi connectivity index (χ3v) is 7.49. The van der Waals surface area contributed by atoms with Crippen LogP contribution in [0.25, 0.3) is 16.6 Å². The Balaban J connectivity index is 1.20. The van der Waals surface area contributed by atoms with Crippen LogP contribution in [0.5, 0.6) is 0 Å². The number of rotatable bonds is 10. The molecule has 0 bridgehead atoms. The van der Waals surface area contributed by atoms with Crippen LogP contribution in [-0.2, 0) is 13.1 Å². The summed E-state index contributed by atoms with van der Waals surface area (Å²) < 4.78 is 4.15. The number of tetrazole rings is 1. The van der Waals surface area contributed by atoms with Crippen molar-refractivity contribution in [3.8, 4) is 5.69 Å². The standard InChI is InChI=1S/C27H27ClN6S/c1-20-24(23-13-6-8-15-26(23)33(20)19-21-10-5-7-14-25(21)28)18-29-16-9-17-35-27-30-31-32-34(27)22-11-3-2-4-12-22/h2-8,10-15,29H,9,16-19H2,1H3. The summed E-state index contributed by atoms with van der Waals surface area (Å²) in [7, 11) is 0. The topological polar surface area (TPSA) is 60.6 Å². The molecular weight excluding hydrogens is 476 g/mol. The number of benzene rings is 3. The van der Waals surface area contributed by atoms with E-state index < -0.39 is 0 Å². The summed E-state index contributed by atoms with van der Waals surface area (Å²) in [5.41, 5.74) is 5.96. The predicted octanol–water partition coefficient (Wildman–Crippen LogP) is 5.90. The Morgan fingerprint density at radius 1 is 0.943 bits per heavy atom. The van der Waals surface area contributed by atoms with Gasteiger partial charge in [-0.1, -0.05) is 78.0 Å². The molecule has 0 atom stereocenters. The highest BCUT2D eigenvalue weighted by molar-refractivity contribution is 7.99. The molecule has 3 aromatic carbocycles. The van der Waals surface area contributed by atoms with Crippen molar-refractivity contribution in [2.75, 3.05) is 12.3 Å². The fraction of sp³-hybridized carbons (Fsp3) is 0.222. The maximum absolute atomic E-state index is 6.46. The molecule has 0 saturated heterocycles. The molecular formula is C27H27ClN6S. The number of hydrogen-bond donors (Lipinski definition) is 1. The Morgan fingerprint density at radius 3 is 2.57 bits per heavy atom. The van der Waals surface area contributed by atoms with Crippen molar-refractivity contribution in [3.63, 3.8) is 0 Å².